The normalized spacial score (nSPS) is 36.6. The Labute approximate surface area is 90.2 Å². The highest BCUT2D eigenvalue weighted by Gasteiger charge is 2.56. The Morgan fingerprint density at radius 2 is 1.93 bits per heavy atom. The number of hydrogen-bond acceptors (Lipinski definition) is 3. The van der Waals surface area contributed by atoms with Crippen molar-refractivity contribution in [2.45, 2.75) is 33.1 Å². The Balaban J connectivity index is 2.22. The molecule has 0 aromatic heterocycles. The highest BCUT2D eigenvalue weighted by molar-refractivity contribution is 6.34. The van der Waals surface area contributed by atoms with Gasteiger partial charge in [0.2, 0.25) is 5.78 Å². The molecule has 3 atom stereocenters. The minimum absolute atomic E-state index is 0.0197. The number of fused-ring (bicyclic) bond motifs is 2. The van der Waals surface area contributed by atoms with Crippen LogP contribution in [0.4, 0.5) is 0 Å². The molecule has 2 fully saturated rings. The molecule has 2 bridgehead atoms. The first-order valence-corrected chi connectivity index (χ1v) is 5.60. The number of carbonyl (C=O) groups excluding carboxylic acids is 2. The Hall–Kier alpha value is -0.860. The van der Waals surface area contributed by atoms with Gasteiger partial charge in [-0.2, -0.15) is 0 Å². The van der Waals surface area contributed by atoms with Crippen molar-refractivity contribution in [3.05, 3.63) is 0 Å². The summed E-state index contributed by atoms with van der Waals surface area (Å²) in [6.07, 6.45) is 3.42. The zero-order valence-electron chi connectivity index (χ0n) is 9.58. The van der Waals surface area contributed by atoms with Gasteiger partial charge in [-0.3, -0.25) is 4.79 Å². The lowest BCUT2D eigenvalue weighted by Crippen LogP contribution is -2.40. The average Bonchev–Trinajstić information content (AvgIpc) is 2.73. The lowest BCUT2D eigenvalue weighted by Gasteiger charge is -2.36. The molecule has 0 amide bonds. The van der Waals surface area contributed by atoms with Crippen LogP contribution in [0.5, 0.6) is 0 Å². The highest BCUT2D eigenvalue weighted by atomic mass is 16.5. The molecule has 0 aromatic carbocycles. The predicted molar refractivity (Wildman–Crippen MR) is 55.1 cm³/mol. The molecule has 0 aliphatic heterocycles. The summed E-state index contributed by atoms with van der Waals surface area (Å²) < 4.78 is 4.54. The van der Waals surface area contributed by atoms with Crippen LogP contribution in [0.3, 0.4) is 0 Å². The smallest absolute Gasteiger partial charge is 0.374 e. The first-order valence-electron chi connectivity index (χ1n) is 5.60. The molecular formula is C12H18O3. The number of methoxy groups -OCH3 is 1. The Morgan fingerprint density at radius 1 is 1.27 bits per heavy atom. The third-order valence-corrected chi connectivity index (χ3v) is 4.47. The fourth-order valence-corrected chi connectivity index (χ4v) is 3.64. The van der Waals surface area contributed by atoms with Gasteiger partial charge in [-0.1, -0.05) is 13.8 Å². The second kappa shape index (κ2) is 3.32. The number of ketones is 1. The quantitative estimate of drug-likeness (QED) is 0.515. The van der Waals surface area contributed by atoms with E-state index in [4.69, 9.17) is 0 Å². The van der Waals surface area contributed by atoms with E-state index in [2.05, 4.69) is 18.6 Å². The van der Waals surface area contributed by atoms with Crippen LogP contribution in [0, 0.1) is 23.2 Å². The summed E-state index contributed by atoms with van der Waals surface area (Å²) >= 11 is 0. The molecule has 0 saturated heterocycles. The molecule has 0 unspecified atom stereocenters. The van der Waals surface area contributed by atoms with Crippen LogP contribution in [0.25, 0.3) is 0 Å². The van der Waals surface area contributed by atoms with E-state index in [9.17, 15) is 9.59 Å². The van der Waals surface area contributed by atoms with Crippen molar-refractivity contribution >= 4 is 11.8 Å². The van der Waals surface area contributed by atoms with Crippen LogP contribution in [-0.2, 0) is 14.3 Å². The summed E-state index contributed by atoms with van der Waals surface area (Å²) in [6, 6.07) is 0. The van der Waals surface area contributed by atoms with Gasteiger partial charge < -0.3 is 4.74 Å². The number of ether oxygens (including phenoxy) is 1. The average molecular weight is 210 g/mol. The van der Waals surface area contributed by atoms with Crippen LogP contribution in [0.15, 0.2) is 0 Å². The maximum absolute atomic E-state index is 11.9. The lowest BCUT2D eigenvalue weighted by molar-refractivity contribution is -0.156. The molecule has 0 N–H and O–H groups in total. The summed E-state index contributed by atoms with van der Waals surface area (Å²) in [4.78, 5) is 23.2. The molecule has 2 saturated carbocycles. The van der Waals surface area contributed by atoms with E-state index in [1.165, 1.54) is 13.5 Å². The zero-order valence-corrected chi connectivity index (χ0v) is 9.58. The second-order valence-corrected chi connectivity index (χ2v) is 5.42. The van der Waals surface area contributed by atoms with E-state index >= 15 is 0 Å². The van der Waals surface area contributed by atoms with Gasteiger partial charge in [0.1, 0.15) is 0 Å². The van der Waals surface area contributed by atoms with Crippen molar-refractivity contribution in [1.82, 2.24) is 0 Å². The second-order valence-electron chi connectivity index (χ2n) is 5.42. The van der Waals surface area contributed by atoms with Crippen LogP contribution >= 0.6 is 0 Å². The Bertz CT molecular complexity index is 306. The van der Waals surface area contributed by atoms with Gasteiger partial charge in [0.25, 0.3) is 0 Å². The molecule has 0 aromatic rings. The SMILES string of the molecule is COC(=O)C(=O)[C@@H]1[C@H]2CC[C@H](C2)C1(C)C. The summed E-state index contributed by atoms with van der Waals surface area (Å²) in [6.45, 7) is 4.23. The highest BCUT2D eigenvalue weighted by Crippen LogP contribution is 2.59. The van der Waals surface area contributed by atoms with E-state index in [-0.39, 0.29) is 17.1 Å². The minimum Gasteiger partial charge on any atom is -0.463 e. The van der Waals surface area contributed by atoms with E-state index in [0.29, 0.717) is 11.8 Å². The first kappa shape index (κ1) is 10.7. The topological polar surface area (TPSA) is 43.4 Å². The van der Waals surface area contributed by atoms with Gasteiger partial charge in [-0.15, -0.1) is 0 Å². The molecule has 2 aliphatic carbocycles. The van der Waals surface area contributed by atoms with Crippen molar-refractivity contribution in [3.63, 3.8) is 0 Å². The number of Topliss-reactive ketones (excluding diaryl/α,β-unsaturated/α-hetero) is 1. The minimum atomic E-state index is -0.666. The van der Waals surface area contributed by atoms with E-state index < -0.39 is 5.97 Å². The van der Waals surface area contributed by atoms with Crippen molar-refractivity contribution < 1.29 is 14.3 Å². The Morgan fingerprint density at radius 3 is 2.40 bits per heavy atom. The molecule has 15 heavy (non-hydrogen) atoms. The standard InChI is InChI=1S/C12H18O3/c1-12(2)8-5-4-7(6-8)9(12)10(13)11(14)15-3/h7-9H,4-6H2,1-3H3/t7-,8+,9-/m0/s1. The summed E-state index contributed by atoms with van der Waals surface area (Å²) in [5, 5.41) is 0. The molecule has 2 aliphatic rings. The van der Waals surface area contributed by atoms with Crippen LogP contribution in [0.2, 0.25) is 0 Å². The summed E-state index contributed by atoms with van der Waals surface area (Å²) in [5.74, 6) is -0.0586. The summed E-state index contributed by atoms with van der Waals surface area (Å²) in [7, 11) is 1.28. The van der Waals surface area contributed by atoms with Crippen LogP contribution in [-0.4, -0.2) is 18.9 Å². The predicted octanol–water partition coefficient (Wildman–Crippen LogP) is 1.80. The largest absolute Gasteiger partial charge is 0.463 e. The fraction of sp³-hybridized carbons (Fsp3) is 0.833. The van der Waals surface area contributed by atoms with Gasteiger partial charge >= 0.3 is 5.97 Å². The molecule has 0 spiro atoms. The summed E-state index contributed by atoms with van der Waals surface area (Å²) in [5.41, 5.74) is -0.0197. The van der Waals surface area contributed by atoms with E-state index in [0.717, 1.165) is 12.8 Å². The van der Waals surface area contributed by atoms with Crippen LogP contribution in [0.1, 0.15) is 33.1 Å². The van der Waals surface area contributed by atoms with Crippen LogP contribution < -0.4 is 0 Å². The van der Waals surface area contributed by atoms with Gasteiger partial charge in [-0.05, 0) is 36.5 Å². The number of carbonyl (C=O) groups is 2. The van der Waals surface area contributed by atoms with Gasteiger partial charge in [0, 0.05) is 5.92 Å². The van der Waals surface area contributed by atoms with Gasteiger partial charge in [0.05, 0.1) is 7.11 Å². The van der Waals surface area contributed by atoms with Crippen molar-refractivity contribution in [2.75, 3.05) is 7.11 Å². The van der Waals surface area contributed by atoms with E-state index in [1.54, 1.807) is 0 Å². The number of rotatable bonds is 2. The first-order chi connectivity index (χ1) is 6.98. The molecule has 2 rings (SSSR count). The van der Waals surface area contributed by atoms with Crippen molar-refractivity contribution in [3.8, 4) is 0 Å². The van der Waals surface area contributed by atoms with Crippen molar-refractivity contribution in [1.29, 1.82) is 0 Å². The number of hydrogen-bond donors (Lipinski definition) is 0. The molecule has 84 valence electrons. The van der Waals surface area contributed by atoms with Gasteiger partial charge in [0.15, 0.2) is 0 Å². The fourth-order valence-electron chi connectivity index (χ4n) is 3.64. The monoisotopic (exact) mass is 210 g/mol. The molecule has 0 radical (unpaired) electrons. The van der Waals surface area contributed by atoms with Crippen molar-refractivity contribution in [2.24, 2.45) is 23.2 Å². The molecule has 3 heteroatoms. The Kier molecular flexibility index (Phi) is 2.36. The number of esters is 1. The van der Waals surface area contributed by atoms with E-state index in [1.807, 2.05) is 0 Å². The molecule has 0 heterocycles. The maximum atomic E-state index is 11.9. The molecular weight excluding hydrogens is 192 g/mol. The third kappa shape index (κ3) is 1.40. The zero-order chi connectivity index (χ0) is 11.2. The third-order valence-electron chi connectivity index (χ3n) is 4.47. The van der Waals surface area contributed by atoms with Gasteiger partial charge in [-0.25, -0.2) is 4.79 Å². The lowest BCUT2D eigenvalue weighted by atomic mass is 9.67. The molecule has 3 nitrogen and oxygen atoms in total. The maximum Gasteiger partial charge on any atom is 0.374 e.